The molecular weight excluding hydrogens is 214 g/mol. The van der Waals surface area contributed by atoms with Gasteiger partial charge in [0.1, 0.15) is 0 Å². The van der Waals surface area contributed by atoms with Crippen molar-refractivity contribution >= 4 is 6.09 Å². The van der Waals surface area contributed by atoms with Gasteiger partial charge in [0.05, 0.1) is 19.8 Å². The number of unbranched alkanes of at least 4 members (excludes halogenated alkanes) is 1. The zero-order chi connectivity index (χ0) is 12.1. The van der Waals surface area contributed by atoms with Gasteiger partial charge in [0.25, 0.3) is 0 Å². The van der Waals surface area contributed by atoms with Crippen LogP contribution in [0, 0.1) is 0 Å². The number of amides is 1. The van der Waals surface area contributed by atoms with E-state index in [0.717, 1.165) is 19.4 Å². The molecule has 0 aliphatic rings. The van der Waals surface area contributed by atoms with Crippen molar-refractivity contribution in [1.82, 2.24) is 5.32 Å². The highest BCUT2D eigenvalue weighted by atomic mass is 16.5. The van der Waals surface area contributed by atoms with Gasteiger partial charge in [-0.1, -0.05) is 0 Å². The van der Waals surface area contributed by atoms with Crippen LogP contribution in [-0.2, 0) is 14.2 Å². The number of ether oxygens (including phenoxy) is 3. The van der Waals surface area contributed by atoms with Gasteiger partial charge < -0.3 is 24.6 Å². The summed E-state index contributed by atoms with van der Waals surface area (Å²) in [5, 5.41) is 10.5. The standard InChI is InChI=1S/C10H21NO5/c1-14-5-2-3-6-15-8-9-16-7-4-11-10(12)13/h11H,2-9H2,1H3,(H,12,13). The molecule has 6 nitrogen and oxygen atoms in total. The molecule has 0 saturated heterocycles. The fourth-order valence-electron chi connectivity index (χ4n) is 1.00. The Bertz CT molecular complexity index is 165. The van der Waals surface area contributed by atoms with Gasteiger partial charge in [-0.25, -0.2) is 4.79 Å². The third-order valence-electron chi connectivity index (χ3n) is 1.78. The van der Waals surface area contributed by atoms with Crippen LogP contribution in [0.4, 0.5) is 4.79 Å². The number of hydrogen-bond donors (Lipinski definition) is 2. The Morgan fingerprint density at radius 2 is 1.69 bits per heavy atom. The lowest BCUT2D eigenvalue weighted by Crippen LogP contribution is -2.25. The molecule has 0 aliphatic heterocycles. The monoisotopic (exact) mass is 235 g/mol. The van der Waals surface area contributed by atoms with Crippen molar-refractivity contribution in [3.05, 3.63) is 0 Å². The van der Waals surface area contributed by atoms with Crippen molar-refractivity contribution in [1.29, 1.82) is 0 Å². The first-order valence-electron chi connectivity index (χ1n) is 5.38. The van der Waals surface area contributed by atoms with E-state index in [9.17, 15) is 4.79 Å². The summed E-state index contributed by atoms with van der Waals surface area (Å²) >= 11 is 0. The van der Waals surface area contributed by atoms with Crippen LogP contribution in [0.1, 0.15) is 12.8 Å². The molecule has 0 saturated carbocycles. The van der Waals surface area contributed by atoms with Crippen molar-refractivity contribution in [3.63, 3.8) is 0 Å². The number of methoxy groups -OCH3 is 1. The van der Waals surface area contributed by atoms with E-state index in [2.05, 4.69) is 5.32 Å². The summed E-state index contributed by atoms with van der Waals surface area (Å²) in [5.74, 6) is 0. The summed E-state index contributed by atoms with van der Waals surface area (Å²) in [6.07, 6.45) is 0.951. The molecule has 0 unspecified atom stereocenters. The van der Waals surface area contributed by atoms with E-state index < -0.39 is 6.09 Å². The van der Waals surface area contributed by atoms with Crippen LogP contribution in [0.2, 0.25) is 0 Å². The minimum absolute atomic E-state index is 0.309. The second-order valence-corrected chi connectivity index (χ2v) is 3.16. The predicted molar refractivity (Wildman–Crippen MR) is 58.8 cm³/mol. The first-order chi connectivity index (χ1) is 7.77. The maximum atomic E-state index is 10.1. The zero-order valence-corrected chi connectivity index (χ0v) is 9.74. The summed E-state index contributed by atoms with van der Waals surface area (Å²) < 4.78 is 15.3. The molecule has 0 spiro atoms. The lowest BCUT2D eigenvalue weighted by atomic mass is 10.3. The van der Waals surface area contributed by atoms with E-state index in [0.29, 0.717) is 33.0 Å². The second-order valence-electron chi connectivity index (χ2n) is 3.16. The van der Waals surface area contributed by atoms with Crippen molar-refractivity contribution in [2.75, 3.05) is 46.7 Å². The van der Waals surface area contributed by atoms with E-state index in [1.807, 2.05) is 0 Å². The molecule has 1 amide bonds. The van der Waals surface area contributed by atoms with Crippen LogP contribution in [0.15, 0.2) is 0 Å². The third kappa shape index (κ3) is 13.2. The molecule has 0 aromatic rings. The molecule has 16 heavy (non-hydrogen) atoms. The van der Waals surface area contributed by atoms with Crippen molar-refractivity contribution in [3.8, 4) is 0 Å². The van der Waals surface area contributed by atoms with Crippen molar-refractivity contribution in [2.24, 2.45) is 0 Å². The Kier molecular flexibility index (Phi) is 11.6. The zero-order valence-electron chi connectivity index (χ0n) is 9.74. The molecule has 0 radical (unpaired) electrons. The van der Waals surface area contributed by atoms with Gasteiger partial charge in [-0.05, 0) is 12.8 Å². The van der Waals surface area contributed by atoms with Gasteiger partial charge in [0.15, 0.2) is 0 Å². The maximum absolute atomic E-state index is 10.1. The van der Waals surface area contributed by atoms with Gasteiger partial charge in [0.2, 0.25) is 0 Å². The predicted octanol–water partition coefficient (Wildman–Crippen LogP) is 0.714. The number of carboxylic acid groups (broad SMARTS) is 1. The average molecular weight is 235 g/mol. The number of hydrogen-bond acceptors (Lipinski definition) is 4. The highest BCUT2D eigenvalue weighted by Crippen LogP contribution is 1.90. The molecule has 0 rings (SSSR count). The quantitative estimate of drug-likeness (QED) is 0.516. The molecule has 0 aromatic heterocycles. The summed E-state index contributed by atoms with van der Waals surface area (Å²) in [7, 11) is 1.68. The normalized spacial score (nSPS) is 10.3. The SMILES string of the molecule is COCCCCOCCOCCNC(=O)O. The molecule has 6 heteroatoms. The molecule has 96 valence electrons. The third-order valence-corrected chi connectivity index (χ3v) is 1.78. The van der Waals surface area contributed by atoms with Crippen LogP contribution >= 0.6 is 0 Å². The molecule has 0 aromatic carbocycles. The number of rotatable bonds is 11. The highest BCUT2D eigenvalue weighted by Gasteiger charge is 1.93. The molecule has 0 atom stereocenters. The van der Waals surface area contributed by atoms with Crippen LogP contribution < -0.4 is 5.32 Å². The molecule has 2 N–H and O–H groups in total. The molecule has 0 aliphatic carbocycles. The lowest BCUT2D eigenvalue weighted by molar-refractivity contribution is 0.0456. The van der Waals surface area contributed by atoms with Crippen LogP contribution in [-0.4, -0.2) is 57.9 Å². The minimum Gasteiger partial charge on any atom is -0.465 e. The lowest BCUT2D eigenvalue weighted by Gasteiger charge is -2.05. The Hall–Kier alpha value is -0.850. The Morgan fingerprint density at radius 1 is 1.06 bits per heavy atom. The van der Waals surface area contributed by atoms with E-state index in [1.54, 1.807) is 7.11 Å². The summed E-state index contributed by atoms with van der Waals surface area (Å²) in [5.41, 5.74) is 0. The Labute approximate surface area is 95.9 Å². The van der Waals surface area contributed by atoms with Crippen LogP contribution in [0.5, 0.6) is 0 Å². The summed E-state index contributed by atoms with van der Waals surface area (Å²) in [6.45, 7) is 3.19. The fraction of sp³-hybridized carbons (Fsp3) is 0.900. The Balaban J connectivity index is 2.90. The second kappa shape index (κ2) is 12.2. The van der Waals surface area contributed by atoms with Crippen LogP contribution in [0.25, 0.3) is 0 Å². The molecular formula is C10H21NO5. The smallest absolute Gasteiger partial charge is 0.404 e. The van der Waals surface area contributed by atoms with Crippen LogP contribution in [0.3, 0.4) is 0 Å². The number of nitrogens with one attached hydrogen (secondary N) is 1. The van der Waals surface area contributed by atoms with Gasteiger partial charge in [-0.2, -0.15) is 0 Å². The van der Waals surface area contributed by atoms with E-state index in [4.69, 9.17) is 19.3 Å². The number of carbonyl (C=O) groups is 1. The van der Waals surface area contributed by atoms with E-state index in [-0.39, 0.29) is 0 Å². The Morgan fingerprint density at radius 3 is 2.31 bits per heavy atom. The summed E-state index contributed by atoms with van der Waals surface area (Å²) in [4.78, 5) is 10.1. The largest absolute Gasteiger partial charge is 0.465 e. The highest BCUT2D eigenvalue weighted by molar-refractivity contribution is 5.64. The van der Waals surface area contributed by atoms with E-state index in [1.165, 1.54) is 0 Å². The topological polar surface area (TPSA) is 77.0 Å². The maximum Gasteiger partial charge on any atom is 0.404 e. The average Bonchev–Trinajstić information content (AvgIpc) is 2.25. The fourth-order valence-corrected chi connectivity index (χ4v) is 1.00. The van der Waals surface area contributed by atoms with Gasteiger partial charge in [0, 0.05) is 26.9 Å². The van der Waals surface area contributed by atoms with Crippen molar-refractivity contribution in [2.45, 2.75) is 12.8 Å². The van der Waals surface area contributed by atoms with Gasteiger partial charge >= 0.3 is 6.09 Å². The minimum atomic E-state index is -1.03. The molecule has 0 fully saturated rings. The van der Waals surface area contributed by atoms with Gasteiger partial charge in [-0.15, -0.1) is 0 Å². The van der Waals surface area contributed by atoms with E-state index >= 15 is 0 Å². The first-order valence-corrected chi connectivity index (χ1v) is 5.38. The van der Waals surface area contributed by atoms with Crippen molar-refractivity contribution < 1.29 is 24.1 Å². The molecule has 0 heterocycles. The first kappa shape index (κ1) is 15.2. The summed E-state index contributed by atoms with van der Waals surface area (Å²) in [6, 6.07) is 0. The van der Waals surface area contributed by atoms with Gasteiger partial charge in [-0.3, -0.25) is 0 Å². The molecule has 0 bridgehead atoms.